The number of thioether (sulfide) groups is 1. The van der Waals surface area contributed by atoms with E-state index < -0.39 is 11.2 Å². The van der Waals surface area contributed by atoms with Crippen LogP contribution in [0, 0.1) is 0 Å². The maximum absolute atomic E-state index is 11.5. The zero-order valence-corrected chi connectivity index (χ0v) is 11.8. The second-order valence-electron chi connectivity index (χ2n) is 4.13. The van der Waals surface area contributed by atoms with Crippen LogP contribution in [0.5, 0.6) is 0 Å². The predicted molar refractivity (Wildman–Crippen MR) is 83.2 cm³/mol. The molecule has 0 radical (unpaired) electrons. The van der Waals surface area contributed by atoms with E-state index in [-0.39, 0.29) is 12.3 Å². The summed E-state index contributed by atoms with van der Waals surface area (Å²) in [6.07, 6.45) is 4.87. The van der Waals surface area contributed by atoms with Crippen LogP contribution in [0.1, 0.15) is 12.0 Å². The molecular formula is C14H13N3O3S. The number of rotatable bonds is 5. The number of aliphatic carboxylic acids is 1. The van der Waals surface area contributed by atoms with Gasteiger partial charge in [-0.25, -0.2) is 0 Å². The number of carboxylic acid groups (broad SMARTS) is 1. The van der Waals surface area contributed by atoms with Crippen LogP contribution < -0.4 is 5.32 Å². The number of amidine groups is 1. The van der Waals surface area contributed by atoms with Crippen LogP contribution in [-0.4, -0.2) is 33.6 Å². The van der Waals surface area contributed by atoms with Crippen molar-refractivity contribution in [3.8, 4) is 0 Å². The standard InChI is InChI=1S/C14H13N3O3S/c18-12(19)9-11-13(20)16-14(21-11)17-15-8-4-7-10-5-2-1-3-6-10/h1-8,11H,9H2,(H,18,19)(H,16,17,20)/b7-4+,15-8-. The molecule has 0 aliphatic carbocycles. The average molecular weight is 303 g/mol. The molecule has 1 unspecified atom stereocenters. The van der Waals surface area contributed by atoms with Crippen molar-refractivity contribution >= 4 is 41.1 Å². The van der Waals surface area contributed by atoms with Gasteiger partial charge in [-0.3, -0.25) is 9.59 Å². The number of amides is 1. The number of carboxylic acids is 1. The topological polar surface area (TPSA) is 91.1 Å². The fourth-order valence-electron chi connectivity index (χ4n) is 1.59. The van der Waals surface area contributed by atoms with Crippen LogP contribution >= 0.6 is 11.8 Å². The van der Waals surface area contributed by atoms with Crippen molar-refractivity contribution in [2.75, 3.05) is 0 Å². The molecule has 1 atom stereocenters. The molecule has 7 heteroatoms. The molecule has 6 nitrogen and oxygen atoms in total. The lowest BCUT2D eigenvalue weighted by Gasteiger charge is -1.97. The van der Waals surface area contributed by atoms with Gasteiger partial charge >= 0.3 is 5.97 Å². The van der Waals surface area contributed by atoms with Gasteiger partial charge < -0.3 is 10.4 Å². The van der Waals surface area contributed by atoms with E-state index in [1.165, 1.54) is 6.21 Å². The Hall–Kier alpha value is -2.41. The molecule has 1 aromatic rings. The fourth-order valence-corrected chi connectivity index (χ4v) is 2.50. The summed E-state index contributed by atoms with van der Waals surface area (Å²) in [6, 6.07) is 9.72. The summed E-state index contributed by atoms with van der Waals surface area (Å²) in [4.78, 5) is 22.0. The molecule has 1 amide bonds. The molecule has 0 spiro atoms. The molecule has 1 aliphatic rings. The van der Waals surface area contributed by atoms with E-state index in [0.29, 0.717) is 5.17 Å². The van der Waals surface area contributed by atoms with Crippen molar-refractivity contribution in [1.29, 1.82) is 0 Å². The molecule has 0 saturated carbocycles. The Balaban J connectivity index is 1.87. The van der Waals surface area contributed by atoms with Gasteiger partial charge in [0, 0.05) is 6.21 Å². The van der Waals surface area contributed by atoms with Gasteiger partial charge in [0.05, 0.1) is 6.42 Å². The van der Waals surface area contributed by atoms with E-state index in [0.717, 1.165) is 17.3 Å². The maximum atomic E-state index is 11.5. The van der Waals surface area contributed by atoms with Gasteiger partial charge in [-0.2, -0.15) is 5.10 Å². The molecule has 1 aliphatic heterocycles. The van der Waals surface area contributed by atoms with E-state index in [4.69, 9.17) is 5.11 Å². The lowest BCUT2D eigenvalue weighted by atomic mass is 10.2. The second kappa shape index (κ2) is 7.39. The third-order valence-electron chi connectivity index (χ3n) is 2.53. The van der Waals surface area contributed by atoms with Crippen LogP contribution in [0.15, 0.2) is 46.6 Å². The lowest BCUT2D eigenvalue weighted by molar-refractivity contribution is -0.138. The normalized spacial score (nSPS) is 20.5. The molecule has 108 valence electrons. The predicted octanol–water partition coefficient (Wildman–Crippen LogP) is 1.75. The van der Waals surface area contributed by atoms with E-state index >= 15 is 0 Å². The third kappa shape index (κ3) is 4.88. The molecule has 21 heavy (non-hydrogen) atoms. The quantitative estimate of drug-likeness (QED) is 0.640. The first-order valence-electron chi connectivity index (χ1n) is 6.17. The van der Waals surface area contributed by atoms with Gasteiger partial charge in [0.1, 0.15) is 5.25 Å². The number of nitrogens with zero attached hydrogens (tertiary/aromatic N) is 2. The van der Waals surface area contributed by atoms with Crippen LogP contribution in [0.3, 0.4) is 0 Å². The average Bonchev–Trinajstić information content (AvgIpc) is 2.79. The summed E-state index contributed by atoms with van der Waals surface area (Å²) >= 11 is 1.07. The Morgan fingerprint density at radius 1 is 1.38 bits per heavy atom. The number of carbonyl (C=O) groups excluding carboxylic acids is 1. The van der Waals surface area contributed by atoms with Crippen molar-refractivity contribution in [1.82, 2.24) is 5.32 Å². The first-order chi connectivity index (χ1) is 10.1. The van der Waals surface area contributed by atoms with Crippen molar-refractivity contribution < 1.29 is 14.7 Å². The minimum Gasteiger partial charge on any atom is -0.481 e. The Kier molecular flexibility index (Phi) is 5.28. The number of hydrogen-bond donors (Lipinski definition) is 2. The van der Waals surface area contributed by atoms with Crippen molar-refractivity contribution in [2.45, 2.75) is 11.7 Å². The number of allylic oxidation sites excluding steroid dienone is 1. The van der Waals surface area contributed by atoms with Crippen LogP contribution in [-0.2, 0) is 9.59 Å². The highest BCUT2D eigenvalue weighted by molar-refractivity contribution is 8.15. The van der Waals surface area contributed by atoms with E-state index in [1.54, 1.807) is 6.08 Å². The monoisotopic (exact) mass is 303 g/mol. The van der Waals surface area contributed by atoms with Gasteiger partial charge in [0.25, 0.3) is 0 Å². The van der Waals surface area contributed by atoms with Gasteiger partial charge in [0.2, 0.25) is 5.91 Å². The Bertz CT molecular complexity index is 611. The molecule has 1 aromatic carbocycles. The van der Waals surface area contributed by atoms with Gasteiger partial charge in [-0.15, -0.1) is 5.10 Å². The van der Waals surface area contributed by atoms with Gasteiger partial charge in [-0.1, -0.05) is 48.2 Å². The highest BCUT2D eigenvalue weighted by atomic mass is 32.2. The molecular weight excluding hydrogens is 290 g/mol. The van der Waals surface area contributed by atoms with Crippen LogP contribution in [0.4, 0.5) is 0 Å². The Morgan fingerprint density at radius 2 is 2.14 bits per heavy atom. The SMILES string of the molecule is O=C(O)CC1S\C(=N/N=C\C=C\c2ccccc2)NC1=O. The molecule has 1 saturated heterocycles. The lowest BCUT2D eigenvalue weighted by Crippen LogP contribution is -2.26. The molecule has 2 N–H and O–H groups in total. The fraction of sp³-hybridized carbons (Fsp3) is 0.143. The van der Waals surface area contributed by atoms with Crippen LogP contribution in [0.2, 0.25) is 0 Å². The number of benzene rings is 1. The number of carbonyl (C=O) groups is 2. The first-order valence-corrected chi connectivity index (χ1v) is 7.05. The van der Waals surface area contributed by atoms with E-state index in [9.17, 15) is 9.59 Å². The summed E-state index contributed by atoms with van der Waals surface area (Å²) in [5, 5.41) is 18.5. The first kappa shape index (κ1) is 15.0. The zero-order valence-electron chi connectivity index (χ0n) is 11.0. The smallest absolute Gasteiger partial charge is 0.305 e. The van der Waals surface area contributed by atoms with Gasteiger partial charge in [0.15, 0.2) is 5.17 Å². The minimum atomic E-state index is -1.02. The van der Waals surface area contributed by atoms with Crippen molar-refractivity contribution in [3.63, 3.8) is 0 Å². The molecule has 0 aromatic heterocycles. The Morgan fingerprint density at radius 3 is 2.86 bits per heavy atom. The van der Waals surface area contributed by atoms with E-state index in [1.807, 2.05) is 36.4 Å². The third-order valence-corrected chi connectivity index (χ3v) is 3.60. The number of hydrogen-bond acceptors (Lipinski definition) is 5. The van der Waals surface area contributed by atoms with Gasteiger partial charge in [-0.05, 0) is 11.6 Å². The summed E-state index contributed by atoms with van der Waals surface area (Å²) in [5.41, 5.74) is 1.04. The van der Waals surface area contributed by atoms with E-state index in [2.05, 4.69) is 15.5 Å². The second-order valence-corrected chi connectivity index (χ2v) is 5.32. The molecule has 1 fully saturated rings. The molecule has 2 rings (SSSR count). The minimum absolute atomic E-state index is 0.229. The molecule has 1 heterocycles. The number of nitrogens with one attached hydrogen (secondary N) is 1. The Labute approximate surface area is 125 Å². The van der Waals surface area contributed by atoms with Crippen molar-refractivity contribution in [3.05, 3.63) is 42.0 Å². The van der Waals surface area contributed by atoms with Crippen molar-refractivity contribution in [2.24, 2.45) is 10.2 Å². The summed E-state index contributed by atoms with van der Waals surface area (Å²) in [5.74, 6) is -1.37. The highest BCUT2D eigenvalue weighted by Crippen LogP contribution is 2.22. The zero-order chi connectivity index (χ0) is 15.1. The van der Waals surface area contributed by atoms with Crippen LogP contribution in [0.25, 0.3) is 6.08 Å². The summed E-state index contributed by atoms with van der Waals surface area (Å²) < 4.78 is 0. The summed E-state index contributed by atoms with van der Waals surface area (Å²) in [7, 11) is 0. The maximum Gasteiger partial charge on any atom is 0.305 e. The molecule has 0 bridgehead atoms. The highest BCUT2D eigenvalue weighted by Gasteiger charge is 2.32. The largest absolute Gasteiger partial charge is 0.481 e. The summed E-state index contributed by atoms with van der Waals surface area (Å²) in [6.45, 7) is 0.